The van der Waals surface area contributed by atoms with Gasteiger partial charge in [0, 0.05) is 13.2 Å². The Morgan fingerprint density at radius 1 is 1.35 bits per heavy atom. The standard InChI is InChI=1S/C12H13N3O4S/c1-15-7-10(13-8-15)20(18,19)14-11(12(16)17)9-5-3-2-4-6-9/h2-8,11,14H,1H3,(H,16,17)/t11-/m1/s1. The molecule has 106 valence electrons. The van der Waals surface area contributed by atoms with Gasteiger partial charge in [-0.25, -0.2) is 13.4 Å². The predicted octanol–water partition coefficient (Wildman–Crippen LogP) is 0.524. The zero-order valence-electron chi connectivity index (χ0n) is 10.6. The number of rotatable bonds is 5. The van der Waals surface area contributed by atoms with E-state index in [2.05, 4.69) is 9.71 Å². The monoisotopic (exact) mass is 295 g/mol. The average Bonchev–Trinajstić information content (AvgIpc) is 2.84. The van der Waals surface area contributed by atoms with Gasteiger partial charge in [0.15, 0.2) is 5.03 Å². The van der Waals surface area contributed by atoms with Crippen LogP contribution in [0.5, 0.6) is 0 Å². The first-order valence-corrected chi connectivity index (χ1v) is 7.16. The molecule has 2 aromatic rings. The van der Waals surface area contributed by atoms with E-state index in [4.69, 9.17) is 0 Å². The summed E-state index contributed by atoms with van der Waals surface area (Å²) in [6, 6.07) is 6.72. The fourth-order valence-electron chi connectivity index (χ4n) is 1.65. The predicted molar refractivity (Wildman–Crippen MR) is 70.3 cm³/mol. The Balaban J connectivity index is 2.32. The van der Waals surface area contributed by atoms with E-state index in [1.54, 1.807) is 37.4 Å². The zero-order valence-corrected chi connectivity index (χ0v) is 11.4. The number of carboxylic acid groups (broad SMARTS) is 1. The first-order valence-electron chi connectivity index (χ1n) is 5.68. The molecule has 0 aliphatic rings. The number of carboxylic acids is 1. The third kappa shape index (κ3) is 3.03. The van der Waals surface area contributed by atoms with E-state index in [0.29, 0.717) is 5.56 Å². The summed E-state index contributed by atoms with van der Waals surface area (Å²) in [5.74, 6) is -1.28. The van der Waals surface area contributed by atoms with Crippen molar-refractivity contribution in [3.8, 4) is 0 Å². The van der Waals surface area contributed by atoms with Gasteiger partial charge in [-0.05, 0) is 5.56 Å². The van der Waals surface area contributed by atoms with Crippen LogP contribution in [-0.2, 0) is 21.9 Å². The summed E-state index contributed by atoms with van der Waals surface area (Å²) >= 11 is 0. The summed E-state index contributed by atoms with van der Waals surface area (Å²) in [5, 5.41) is 8.97. The molecule has 0 saturated heterocycles. The van der Waals surface area contributed by atoms with Crippen molar-refractivity contribution in [2.24, 2.45) is 7.05 Å². The highest BCUT2D eigenvalue weighted by molar-refractivity contribution is 7.89. The lowest BCUT2D eigenvalue weighted by atomic mass is 10.1. The van der Waals surface area contributed by atoms with Crippen LogP contribution in [0.15, 0.2) is 47.9 Å². The highest BCUT2D eigenvalue weighted by Gasteiger charge is 2.28. The van der Waals surface area contributed by atoms with E-state index in [9.17, 15) is 18.3 Å². The Bertz CT molecular complexity index is 709. The summed E-state index contributed by atoms with van der Waals surface area (Å²) < 4.78 is 27.8. The Morgan fingerprint density at radius 3 is 2.50 bits per heavy atom. The number of sulfonamides is 1. The number of carbonyl (C=O) groups is 1. The van der Waals surface area contributed by atoms with Crippen LogP contribution in [0.2, 0.25) is 0 Å². The van der Waals surface area contributed by atoms with Gasteiger partial charge in [-0.3, -0.25) is 4.79 Å². The molecule has 1 heterocycles. The second-order valence-electron chi connectivity index (χ2n) is 4.18. The molecule has 8 heteroatoms. The molecule has 0 unspecified atom stereocenters. The number of benzene rings is 1. The molecule has 20 heavy (non-hydrogen) atoms. The number of hydrogen-bond acceptors (Lipinski definition) is 4. The second-order valence-corrected chi connectivity index (χ2v) is 5.84. The molecule has 7 nitrogen and oxygen atoms in total. The third-order valence-corrected chi connectivity index (χ3v) is 3.92. The van der Waals surface area contributed by atoms with Crippen molar-refractivity contribution in [3.05, 3.63) is 48.4 Å². The highest BCUT2D eigenvalue weighted by atomic mass is 32.2. The Hall–Kier alpha value is -2.19. The van der Waals surface area contributed by atoms with Crippen molar-refractivity contribution in [2.45, 2.75) is 11.1 Å². The number of aromatic nitrogens is 2. The van der Waals surface area contributed by atoms with Gasteiger partial charge in [0.25, 0.3) is 10.0 Å². The number of nitrogens with zero attached hydrogens (tertiary/aromatic N) is 2. The van der Waals surface area contributed by atoms with E-state index in [1.807, 2.05) is 0 Å². The zero-order chi connectivity index (χ0) is 14.8. The number of aryl methyl sites for hydroxylation is 1. The van der Waals surface area contributed by atoms with Crippen molar-refractivity contribution in [2.75, 3.05) is 0 Å². The molecule has 0 amide bonds. The van der Waals surface area contributed by atoms with Crippen LogP contribution >= 0.6 is 0 Å². The third-order valence-electron chi connectivity index (χ3n) is 2.61. The minimum Gasteiger partial charge on any atom is -0.480 e. The molecule has 1 aromatic carbocycles. The molecule has 0 saturated carbocycles. The van der Waals surface area contributed by atoms with Crippen LogP contribution < -0.4 is 4.72 Å². The number of aliphatic carboxylic acids is 1. The summed E-state index contributed by atoms with van der Waals surface area (Å²) in [5.41, 5.74) is 0.347. The highest BCUT2D eigenvalue weighted by Crippen LogP contribution is 2.16. The second kappa shape index (κ2) is 5.43. The molecule has 1 atom stereocenters. The van der Waals surface area contributed by atoms with Gasteiger partial charge >= 0.3 is 5.97 Å². The quantitative estimate of drug-likeness (QED) is 0.837. The molecule has 0 fully saturated rings. The molecule has 2 rings (SSSR count). The van der Waals surface area contributed by atoms with Gasteiger partial charge in [-0.2, -0.15) is 4.72 Å². The van der Waals surface area contributed by atoms with Crippen LogP contribution in [0, 0.1) is 0 Å². The van der Waals surface area contributed by atoms with Crippen LogP contribution in [0.3, 0.4) is 0 Å². The fraction of sp³-hybridized carbons (Fsp3) is 0.167. The first kappa shape index (κ1) is 14.2. The smallest absolute Gasteiger partial charge is 0.326 e. The van der Waals surface area contributed by atoms with Gasteiger partial charge in [-0.1, -0.05) is 30.3 Å². The molecule has 2 N–H and O–H groups in total. The Kier molecular flexibility index (Phi) is 3.86. The minimum atomic E-state index is -3.99. The van der Waals surface area contributed by atoms with E-state index in [1.165, 1.54) is 17.1 Å². The maximum Gasteiger partial charge on any atom is 0.326 e. The number of hydrogen-bond donors (Lipinski definition) is 2. The van der Waals surface area contributed by atoms with E-state index >= 15 is 0 Å². The topological polar surface area (TPSA) is 101 Å². The lowest BCUT2D eigenvalue weighted by Crippen LogP contribution is -2.33. The van der Waals surface area contributed by atoms with Gasteiger partial charge in [0.1, 0.15) is 6.04 Å². The van der Waals surface area contributed by atoms with Crippen molar-refractivity contribution in [1.29, 1.82) is 0 Å². The Morgan fingerprint density at radius 2 is 2.00 bits per heavy atom. The molecule has 0 aliphatic heterocycles. The normalized spacial score (nSPS) is 13.1. The average molecular weight is 295 g/mol. The van der Waals surface area contributed by atoms with Gasteiger partial charge in [-0.15, -0.1) is 0 Å². The van der Waals surface area contributed by atoms with Gasteiger partial charge in [0.05, 0.1) is 6.33 Å². The largest absolute Gasteiger partial charge is 0.480 e. The number of imidazole rings is 1. The van der Waals surface area contributed by atoms with E-state index in [-0.39, 0.29) is 5.03 Å². The van der Waals surface area contributed by atoms with Gasteiger partial charge in [0.2, 0.25) is 0 Å². The summed E-state index contributed by atoms with van der Waals surface area (Å²) in [6.07, 6.45) is 2.62. The fourth-order valence-corrected chi connectivity index (χ4v) is 2.81. The Labute approximate surface area is 115 Å². The van der Waals surface area contributed by atoms with E-state index < -0.39 is 22.0 Å². The van der Waals surface area contributed by atoms with Crippen molar-refractivity contribution >= 4 is 16.0 Å². The summed E-state index contributed by atoms with van der Waals surface area (Å²) in [6.45, 7) is 0. The molecule has 0 radical (unpaired) electrons. The molecule has 0 bridgehead atoms. The summed E-state index contributed by atoms with van der Waals surface area (Å²) in [7, 11) is -2.37. The first-order chi connectivity index (χ1) is 9.40. The van der Waals surface area contributed by atoms with Crippen molar-refractivity contribution in [1.82, 2.24) is 14.3 Å². The van der Waals surface area contributed by atoms with Crippen LogP contribution in [0.25, 0.3) is 0 Å². The molecule has 0 aliphatic carbocycles. The molecular weight excluding hydrogens is 282 g/mol. The van der Waals surface area contributed by atoms with Crippen LogP contribution in [-0.4, -0.2) is 29.0 Å². The van der Waals surface area contributed by atoms with E-state index in [0.717, 1.165) is 0 Å². The molecular formula is C12H13N3O4S. The minimum absolute atomic E-state index is 0.220. The SMILES string of the molecule is Cn1cnc(S(=O)(=O)N[C@@H](C(=O)O)c2ccccc2)c1. The van der Waals surface area contributed by atoms with Crippen molar-refractivity contribution in [3.63, 3.8) is 0 Å². The van der Waals surface area contributed by atoms with Crippen LogP contribution in [0.4, 0.5) is 0 Å². The van der Waals surface area contributed by atoms with Crippen LogP contribution in [0.1, 0.15) is 11.6 Å². The maximum absolute atomic E-state index is 12.1. The molecule has 0 spiro atoms. The van der Waals surface area contributed by atoms with Crippen molar-refractivity contribution < 1.29 is 18.3 Å². The number of nitrogens with one attached hydrogen (secondary N) is 1. The molecule has 1 aromatic heterocycles. The lowest BCUT2D eigenvalue weighted by molar-refractivity contribution is -0.139. The summed E-state index contributed by atoms with van der Waals surface area (Å²) in [4.78, 5) is 15.0. The lowest BCUT2D eigenvalue weighted by Gasteiger charge is -2.13. The maximum atomic E-state index is 12.1. The van der Waals surface area contributed by atoms with Gasteiger partial charge < -0.3 is 9.67 Å².